The van der Waals surface area contributed by atoms with E-state index in [0.29, 0.717) is 22.6 Å². The highest BCUT2D eigenvalue weighted by atomic mass is 32.2. The first-order valence-corrected chi connectivity index (χ1v) is 11.8. The molecule has 2 aromatic carbocycles. The van der Waals surface area contributed by atoms with E-state index >= 15 is 0 Å². The van der Waals surface area contributed by atoms with Crippen LogP contribution in [0.25, 0.3) is 0 Å². The van der Waals surface area contributed by atoms with E-state index in [1.54, 1.807) is 37.3 Å². The molecule has 2 unspecified atom stereocenters. The molecule has 0 aliphatic carbocycles. The molecule has 3 aromatic rings. The van der Waals surface area contributed by atoms with E-state index < -0.39 is 35.3 Å². The van der Waals surface area contributed by atoms with Crippen LogP contribution in [-0.2, 0) is 4.79 Å². The van der Waals surface area contributed by atoms with Gasteiger partial charge in [-0.2, -0.15) is 13.2 Å². The van der Waals surface area contributed by atoms with Gasteiger partial charge in [0.2, 0.25) is 0 Å². The number of methoxy groups -OCH3 is 1. The number of carbonyl (C=O) groups is 3. The van der Waals surface area contributed by atoms with Crippen molar-refractivity contribution in [1.29, 1.82) is 0 Å². The lowest BCUT2D eigenvalue weighted by Crippen LogP contribution is -2.35. The average Bonchev–Trinajstić information content (AvgIpc) is 3.17. The first kappa shape index (κ1) is 26.0. The number of imide groups is 1. The molecule has 1 fully saturated rings. The van der Waals surface area contributed by atoms with Gasteiger partial charge in [-0.25, -0.2) is 9.69 Å². The normalized spacial score (nSPS) is 16.4. The van der Waals surface area contributed by atoms with Crippen LogP contribution in [0.3, 0.4) is 0 Å². The number of thioether (sulfide) groups is 1. The Morgan fingerprint density at radius 3 is 2.41 bits per heavy atom. The van der Waals surface area contributed by atoms with Gasteiger partial charge in [0.25, 0.3) is 11.8 Å². The van der Waals surface area contributed by atoms with Gasteiger partial charge in [-0.15, -0.1) is 0 Å². The molecule has 1 saturated heterocycles. The zero-order valence-electron chi connectivity index (χ0n) is 19.6. The van der Waals surface area contributed by atoms with Gasteiger partial charge in [-0.05, 0) is 71.9 Å². The minimum atomic E-state index is -4.45. The number of rotatable bonds is 7. The molecule has 192 valence electrons. The maximum Gasteiger partial charge on any atom is 0.446 e. The molecule has 2 heterocycles. The van der Waals surface area contributed by atoms with Gasteiger partial charge in [-0.3, -0.25) is 14.6 Å². The molecule has 2 atom stereocenters. The van der Waals surface area contributed by atoms with Crippen LogP contribution in [0.4, 0.5) is 29.3 Å². The predicted octanol–water partition coefficient (Wildman–Crippen LogP) is 5.18. The lowest BCUT2D eigenvalue weighted by molar-refractivity contribution is -0.118. The van der Waals surface area contributed by atoms with Crippen LogP contribution in [0, 0.1) is 0 Å². The smallest absolute Gasteiger partial charge is 0.446 e. The molecule has 4 rings (SSSR count). The van der Waals surface area contributed by atoms with E-state index in [1.165, 1.54) is 43.8 Å². The molecule has 1 aromatic heterocycles. The molecular weight excluding hydrogens is 509 g/mol. The van der Waals surface area contributed by atoms with E-state index in [0.717, 1.165) is 4.90 Å². The quantitative estimate of drug-likeness (QED) is 0.322. The standard InChI is InChI=1S/C25H21F3N4O4S/c1-14(19-11-12-29-13-20(19)30-22(33)15-3-7-17(36-2)8-4-15)21-23(34)32(24(35)31-21)16-5-9-18(10-6-16)37-25(26,27)28/h3-14,21H,1-2H3,(H,30,33)(H,31,35). The largest absolute Gasteiger partial charge is 0.497 e. The third-order valence-corrected chi connectivity index (χ3v) is 6.48. The number of hydrogen-bond acceptors (Lipinski definition) is 6. The number of amides is 4. The minimum absolute atomic E-state index is 0.0674. The molecule has 8 nitrogen and oxygen atoms in total. The van der Waals surface area contributed by atoms with Crippen LogP contribution in [0.1, 0.15) is 28.8 Å². The summed E-state index contributed by atoms with van der Waals surface area (Å²) in [4.78, 5) is 43.5. The molecule has 0 radical (unpaired) electrons. The zero-order chi connectivity index (χ0) is 26.7. The highest BCUT2D eigenvalue weighted by Gasteiger charge is 2.43. The molecule has 2 N–H and O–H groups in total. The van der Waals surface area contributed by atoms with Gasteiger partial charge < -0.3 is 15.4 Å². The maximum atomic E-state index is 13.2. The number of pyridine rings is 1. The highest BCUT2D eigenvalue weighted by Crippen LogP contribution is 2.38. The molecule has 12 heteroatoms. The lowest BCUT2D eigenvalue weighted by atomic mass is 9.92. The van der Waals surface area contributed by atoms with Crippen molar-refractivity contribution < 1.29 is 32.3 Å². The molecule has 1 aliphatic rings. The van der Waals surface area contributed by atoms with Gasteiger partial charge in [0.05, 0.1) is 24.7 Å². The average molecular weight is 531 g/mol. The Labute approximate surface area is 214 Å². The maximum absolute atomic E-state index is 13.2. The van der Waals surface area contributed by atoms with Crippen LogP contribution in [0.15, 0.2) is 71.9 Å². The fourth-order valence-electron chi connectivity index (χ4n) is 3.90. The van der Waals surface area contributed by atoms with Crippen molar-refractivity contribution in [3.63, 3.8) is 0 Å². The number of ether oxygens (including phenoxy) is 1. The number of alkyl halides is 3. The summed E-state index contributed by atoms with van der Waals surface area (Å²) in [6.07, 6.45) is 2.95. The van der Waals surface area contributed by atoms with Crippen LogP contribution >= 0.6 is 11.8 Å². The van der Waals surface area contributed by atoms with Gasteiger partial charge in [-0.1, -0.05) is 6.92 Å². The van der Waals surface area contributed by atoms with Crippen molar-refractivity contribution in [2.75, 3.05) is 17.3 Å². The Hall–Kier alpha value is -4.06. The molecule has 4 amide bonds. The van der Waals surface area contributed by atoms with Crippen molar-refractivity contribution in [2.45, 2.75) is 29.3 Å². The second-order valence-electron chi connectivity index (χ2n) is 8.08. The van der Waals surface area contributed by atoms with Gasteiger partial charge >= 0.3 is 11.5 Å². The summed E-state index contributed by atoms with van der Waals surface area (Å²) in [6.45, 7) is 1.72. The number of nitrogens with one attached hydrogen (secondary N) is 2. The molecule has 0 saturated carbocycles. The van der Waals surface area contributed by atoms with Crippen molar-refractivity contribution >= 4 is 41.0 Å². The summed E-state index contributed by atoms with van der Waals surface area (Å²) in [5.74, 6) is -0.945. The van der Waals surface area contributed by atoms with Crippen LogP contribution < -0.4 is 20.3 Å². The SMILES string of the molecule is COc1ccc(C(=O)Nc2cnccc2C(C)C2NC(=O)N(c3ccc(SC(F)(F)F)cc3)C2=O)cc1. The summed E-state index contributed by atoms with van der Waals surface area (Å²) in [6, 6.07) is 11.4. The predicted molar refractivity (Wildman–Crippen MR) is 132 cm³/mol. The zero-order valence-corrected chi connectivity index (χ0v) is 20.4. The summed E-state index contributed by atoms with van der Waals surface area (Å²) >= 11 is -0.288. The second kappa shape index (κ2) is 10.5. The van der Waals surface area contributed by atoms with Gasteiger partial charge in [0.1, 0.15) is 11.8 Å². The number of nitrogens with zero attached hydrogens (tertiary/aromatic N) is 2. The third kappa shape index (κ3) is 5.85. The number of benzene rings is 2. The molecule has 37 heavy (non-hydrogen) atoms. The Kier molecular flexibility index (Phi) is 7.39. The number of halogens is 3. The summed E-state index contributed by atoms with van der Waals surface area (Å²) in [7, 11) is 1.52. The molecule has 0 spiro atoms. The van der Waals surface area contributed by atoms with Gasteiger partial charge in [0.15, 0.2) is 0 Å². The van der Waals surface area contributed by atoms with Crippen LogP contribution in [0.5, 0.6) is 5.75 Å². The second-order valence-corrected chi connectivity index (χ2v) is 9.22. The fraction of sp³-hybridized carbons (Fsp3) is 0.200. The Balaban J connectivity index is 1.52. The van der Waals surface area contributed by atoms with E-state index in [2.05, 4.69) is 15.6 Å². The number of aromatic nitrogens is 1. The highest BCUT2D eigenvalue weighted by molar-refractivity contribution is 8.00. The molecular formula is C25H21F3N4O4S. The fourth-order valence-corrected chi connectivity index (χ4v) is 4.44. The summed E-state index contributed by atoms with van der Waals surface area (Å²) in [5, 5.41) is 5.42. The summed E-state index contributed by atoms with van der Waals surface area (Å²) < 4.78 is 42.9. The Bertz CT molecular complexity index is 1320. The van der Waals surface area contributed by atoms with Crippen LogP contribution in [-0.4, -0.2) is 41.5 Å². The van der Waals surface area contributed by atoms with Crippen molar-refractivity contribution in [3.05, 3.63) is 78.1 Å². The van der Waals surface area contributed by atoms with Crippen LogP contribution in [0.2, 0.25) is 0 Å². The van der Waals surface area contributed by atoms with Gasteiger partial charge in [0, 0.05) is 22.6 Å². The lowest BCUT2D eigenvalue weighted by Gasteiger charge is -2.21. The Morgan fingerprint density at radius 1 is 1.11 bits per heavy atom. The van der Waals surface area contributed by atoms with Crippen molar-refractivity contribution in [2.24, 2.45) is 0 Å². The first-order chi connectivity index (χ1) is 17.6. The van der Waals surface area contributed by atoms with E-state index in [4.69, 9.17) is 4.74 Å². The monoisotopic (exact) mass is 530 g/mol. The number of hydrogen-bond donors (Lipinski definition) is 2. The van der Waals surface area contributed by atoms with E-state index in [1.807, 2.05) is 0 Å². The van der Waals surface area contributed by atoms with Crippen molar-refractivity contribution in [3.8, 4) is 5.75 Å². The number of carbonyl (C=O) groups excluding carboxylic acids is 3. The number of anilines is 2. The topological polar surface area (TPSA) is 101 Å². The van der Waals surface area contributed by atoms with Crippen molar-refractivity contribution in [1.82, 2.24) is 10.3 Å². The third-order valence-electron chi connectivity index (χ3n) is 5.74. The molecule has 0 bridgehead atoms. The number of urea groups is 1. The van der Waals surface area contributed by atoms with E-state index in [9.17, 15) is 27.6 Å². The summed E-state index contributed by atoms with van der Waals surface area (Å²) in [5.41, 5.74) is -2.99. The Morgan fingerprint density at radius 2 is 1.78 bits per heavy atom. The first-order valence-electron chi connectivity index (χ1n) is 11.0. The minimum Gasteiger partial charge on any atom is -0.497 e. The van der Waals surface area contributed by atoms with E-state index in [-0.39, 0.29) is 22.3 Å². The molecule has 1 aliphatic heterocycles.